The fourth-order valence-corrected chi connectivity index (χ4v) is 4.55. The average molecular weight is 414 g/mol. The zero-order chi connectivity index (χ0) is 21.8. The predicted molar refractivity (Wildman–Crippen MR) is 123 cm³/mol. The van der Waals surface area contributed by atoms with Gasteiger partial charge in [0, 0.05) is 18.8 Å². The Balaban J connectivity index is 1.85. The number of carbonyl (C=O) groups excluding carboxylic acids is 1. The van der Waals surface area contributed by atoms with Crippen molar-refractivity contribution in [3.8, 4) is 11.5 Å². The van der Waals surface area contributed by atoms with Gasteiger partial charge in [-0.15, -0.1) is 0 Å². The first-order valence-corrected chi connectivity index (χ1v) is 10.6. The third-order valence-corrected chi connectivity index (χ3v) is 6.00. The number of ether oxygens (including phenoxy) is 2. The molecule has 1 atom stereocenters. The third kappa shape index (κ3) is 4.38. The molecule has 0 aliphatic heterocycles. The van der Waals surface area contributed by atoms with Crippen molar-refractivity contribution in [3.63, 3.8) is 0 Å². The van der Waals surface area contributed by atoms with Crippen LogP contribution in [0, 0.1) is 5.92 Å². The number of rotatable bonds is 5. The highest BCUT2D eigenvalue weighted by atomic mass is 16.5. The average Bonchev–Trinajstić information content (AvgIpc) is 2.81. The number of hydrogen-bond acceptors (Lipinski definition) is 3. The lowest BCUT2D eigenvalue weighted by atomic mass is 9.70. The second-order valence-electron chi connectivity index (χ2n) is 7.84. The number of benzene rings is 3. The molecule has 0 fully saturated rings. The van der Waals surface area contributed by atoms with Crippen LogP contribution in [0.15, 0.2) is 77.8 Å². The van der Waals surface area contributed by atoms with Crippen molar-refractivity contribution in [3.05, 3.63) is 95.1 Å². The largest absolute Gasteiger partial charge is 0.497 e. The van der Waals surface area contributed by atoms with Crippen LogP contribution in [0.1, 0.15) is 41.5 Å². The Kier molecular flexibility index (Phi) is 6.17. The molecular weight excluding hydrogens is 386 g/mol. The van der Waals surface area contributed by atoms with Crippen molar-refractivity contribution in [2.75, 3.05) is 14.2 Å². The lowest BCUT2D eigenvalue weighted by molar-refractivity contribution is -0.115. The van der Waals surface area contributed by atoms with Gasteiger partial charge in [-0.3, -0.25) is 4.79 Å². The lowest BCUT2D eigenvalue weighted by Gasteiger charge is -2.34. The van der Waals surface area contributed by atoms with Crippen molar-refractivity contribution in [2.24, 2.45) is 10.9 Å². The third-order valence-electron chi connectivity index (χ3n) is 6.00. The number of aryl methyl sites for hydroxylation is 1. The van der Waals surface area contributed by atoms with E-state index in [1.165, 1.54) is 23.6 Å². The summed E-state index contributed by atoms with van der Waals surface area (Å²) in [6, 6.07) is 24.7. The van der Waals surface area contributed by atoms with E-state index in [0.717, 1.165) is 35.6 Å². The number of methoxy groups -OCH3 is 2. The molecule has 0 aromatic heterocycles. The Bertz CT molecular complexity index is 1040. The quantitative estimate of drug-likeness (QED) is 0.560. The first-order chi connectivity index (χ1) is 15.1. The predicted octanol–water partition coefficient (Wildman–Crippen LogP) is 5.43. The van der Waals surface area contributed by atoms with Crippen molar-refractivity contribution in [1.82, 2.24) is 0 Å². The first kappa shape index (κ1) is 20.9. The van der Waals surface area contributed by atoms with E-state index >= 15 is 0 Å². The minimum absolute atomic E-state index is 0.0586. The molecule has 0 saturated carbocycles. The highest BCUT2D eigenvalue weighted by Crippen LogP contribution is 2.41. The van der Waals surface area contributed by atoms with Crippen LogP contribution in [0.5, 0.6) is 11.5 Å². The molecule has 4 heteroatoms. The van der Waals surface area contributed by atoms with Crippen LogP contribution in [0.3, 0.4) is 0 Å². The summed E-state index contributed by atoms with van der Waals surface area (Å²) in [6.45, 7) is 1.52. The Labute approximate surface area is 183 Å². The molecule has 3 aromatic rings. The van der Waals surface area contributed by atoms with Gasteiger partial charge in [0.05, 0.1) is 19.9 Å². The van der Waals surface area contributed by atoms with E-state index < -0.39 is 0 Å². The summed E-state index contributed by atoms with van der Waals surface area (Å²) in [4.78, 5) is 16.6. The molecule has 4 rings (SSSR count). The standard InChI is InChI=1S/C27H27NO3/c1-18(29)28-27-24-7-5-4-6-19(24)12-17-25(27)26(20-8-13-22(30-2)14-9-20)21-10-15-23(31-3)16-11-21/h4-11,13-16,25-26H,12,17H2,1-3H3. The number of fused-ring (bicyclic) bond motifs is 1. The first-order valence-electron chi connectivity index (χ1n) is 10.6. The van der Waals surface area contributed by atoms with E-state index in [1.807, 2.05) is 30.3 Å². The normalized spacial score (nSPS) is 16.8. The molecule has 158 valence electrons. The fourth-order valence-electron chi connectivity index (χ4n) is 4.55. The van der Waals surface area contributed by atoms with Crippen LogP contribution in [-0.2, 0) is 11.2 Å². The number of aliphatic imine (C=N–C) groups is 1. The van der Waals surface area contributed by atoms with E-state index in [1.54, 1.807) is 14.2 Å². The summed E-state index contributed by atoms with van der Waals surface area (Å²) in [5.41, 5.74) is 5.56. The molecule has 4 nitrogen and oxygen atoms in total. The Morgan fingerprint density at radius 2 is 1.42 bits per heavy atom. The number of carbonyl (C=O) groups is 1. The van der Waals surface area contributed by atoms with Gasteiger partial charge < -0.3 is 9.47 Å². The summed E-state index contributed by atoms with van der Waals surface area (Å²) in [6.07, 6.45) is 1.88. The summed E-state index contributed by atoms with van der Waals surface area (Å²) in [7, 11) is 3.34. The molecule has 0 bridgehead atoms. The molecule has 0 heterocycles. The van der Waals surface area contributed by atoms with E-state index in [4.69, 9.17) is 9.47 Å². The van der Waals surface area contributed by atoms with Gasteiger partial charge in [-0.2, -0.15) is 0 Å². The smallest absolute Gasteiger partial charge is 0.242 e. The van der Waals surface area contributed by atoms with Crippen LogP contribution < -0.4 is 9.47 Å². The zero-order valence-electron chi connectivity index (χ0n) is 18.2. The molecule has 1 unspecified atom stereocenters. The van der Waals surface area contributed by atoms with Crippen LogP contribution in [-0.4, -0.2) is 25.8 Å². The number of nitrogens with zero attached hydrogens (tertiary/aromatic N) is 1. The highest BCUT2D eigenvalue weighted by Gasteiger charge is 2.34. The van der Waals surface area contributed by atoms with E-state index in [-0.39, 0.29) is 17.7 Å². The Morgan fingerprint density at radius 1 is 0.871 bits per heavy atom. The number of amides is 1. The molecule has 0 spiro atoms. The van der Waals surface area contributed by atoms with Crippen molar-refractivity contribution < 1.29 is 14.3 Å². The maximum absolute atomic E-state index is 12.1. The van der Waals surface area contributed by atoms with Gasteiger partial charge in [0.1, 0.15) is 11.5 Å². The van der Waals surface area contributed by atoms with Crippen LogP contribution in [0.4, 0.5) is 0 Å². The summed E-state index contributed by atoms with van der Waals surface area (Å²) >= 11 is 0. The minimum Gasteiger partial charge on any atom is -0.497 e. The van der Waals surface area contributed by atoms with Gasteiger partial charge in [-0.25, -0.2) is 4.99 Å². The van der Waals surface area contributed by atoms with Crippen LogP contribution in [0.2, 0.25) is 0 Å². The fraction of sp³-hybridized carbons (Fsp3) is 0.259. The molecule has 3 aromatic carbocycles. The lowest BCUT2D eigenvalue weighted by Crippen LogP contribution is -2.30. The van der Waals surface area contributed by atoms with Crippen LogP contribution in [0.25, 0.3) is 0 Å². The summed E-state index contributed by atoms with van der Waals surface area (Å²) in [5.74, 6) is 1.62. The van der Waals surface area contributed by atoms with Gasteiger partial charge in [0.25, 0.3) is 0 Å². The van der Waals surface area contributed by atoms with Crippen molar-refractivity contribution in [2.45, 2.75) is 25.7 Å². The molecular formula is C27H27NO3. The molecule has 1 aliphatic carbocycles. The second kappa shape index (κ2) is 9.17. The van der Waals surface area contributed by atoms with Gasteiger partial charge in [0.15, 0.2) is 0 Å². The van der Waals surface area contributed by atoms with Crippen LogP contribution >= 0.6 is 0 Å². The second-order valence-corrected chi connectivity index (χ2v) is 7.84. The summed E-state index contributed by atoms with van der Waals surface area (Å²) in [5, 5.41) is 0. The maximum Gasteiger partial charge on any atom is 0.242 e. The van der Waals surface area contributed by atoms with E-state index in [9.17, 15) is 4.79 Å². The Hall–Kier alpha value is -3.40. The number of hydrogen-bond donors (Lipinski definition) is 0. The van der Waals surface area contributed by atoms with E-state index in [0.29, 0.717) is 0 Å². The minimum atomic E-state index is -0.167. The molecule has 0 saturated heterocycles. The van der Waals surface area contributed by atoms with Gasteiger partial charge in [-0.1, -0.05) is 48.5 Å². The monoisotopic (exact) mass is 413 g/mol. The van der Waals surface area contributed by atoms with Gasteiger partial charge in [-0.05, 0) is 59.4 Å². The SMILES string of the molecule is COc1ccc(C(c2ccc(OC)cc2)C2CCc3ccccc3C2=NC(C)=O)cc1. The summed E-state index contributed by atoms with van der Waals surface area (Å²) < 4.78 is 10.7. The molecule has 0 N–H and O–H groups in total. The molecule has 0 radical (unpaired) electrons. The molecule has 1 aliphatic rings. The van der Waals surface area contributed by atoms with Crippen molar-refractivity contribution >= 4 is 11.6 Å². The van der Waals surface area contributed by atoms with Gasteiger partial charge >= 0.3 is 0 Å². The topological polar surface area (TPSA) is 47.9 Å². The maximum atomic E-state index is 12.1. The Morgan fingerprint density at radius 3 is 1.94 bits per heavy atom. The molecule has 1 amide bonds. The highest BCUT2D eigenvalue weighted by molar-refractivity contribution is 6.09. The van der Waals surface area contributed by atoms with Crippen molar-refractivity contribution in [1.29, 1.82) is 0 Å². The molecule has 31 heavy (non-hydrogen) atoms. The zero-order valence-corrected chi connectivity index (χ0v) is 18.2. The van der Waals surface area contributed by atoms with E-state index in [2.05, 4.69) is 47.5 Å². The van der Waals surface area contributed by atoms with Gasteiger partial charge in [0.2, 0.25) is 5.91 Å².